The Morgan fingerprint density at radius 2 is 2.14 bits per heavy atom. The van der Waals surface area contributed by atoms with Gasteiger partial charge in [-0.1, -0.05) is 26.0 Å². The molecule has 0 aromatic heterocycles. The second-order valence-corrected chi connectivity index (χ2v) is 5.13. The SMILES string of the molecule is CC(C)CNC(=O)CCNCc1cccc([N+](=O)[O-])c1F. The number of nitrogens with zero attached hydrogens (tertiary/aromatic N) is 1. The normalized spacial score (nSPS) is 10.7. The van der Waals surface area contributed by atoms with E-state index in [2.05, 4.69) is 10.6 Å². The van der Waals surface area contributed by atoms with Crippen LogP contribution >= 0.6 is 0 Å². The van der Waals surface area contributed by atoms with Crippen LogP contribution in [0.3, 0.4) is 0 Å². The van der Waals surface area contributed by atoms with Crippen LogP contribution < -0.4 is 10.6 Å². The van der Waals surface area contributed by atoms with Crippen molar-refractivity contribution < 1.29 is 14.1 Å². The first-order valence-electron chi connectivity index (χ1n) is 6.81. The van der Waals surface area contributed by atoms with Crippen LogP contribution in [0.4, 0.5) is 10.1 Å². The van der Waals surface area contributed by atoms with Crippen molar-refractivity contribution in [2.24, 2.45) is 5.92 Å². The summed E-state index contributed by atoms with van der Waals surface area (Å²) in [6.07, 6.45) is 0.281. The van der Waals surface area contributed by atoms with Crippen LogP contribution in [0.15, 0.2) is 18.2 Å². The predicted molar refractivity (Wildman–Crippen MR) is 77.2 cm³/mol. The summed E-state index contributed by atoms with van der Waals surface area (Å²) in [6.45, 7) is 5.16. The highest BCUT2D eigenvalue weighted by Crippen LogP contribution is 2.19. The first-order valence-corrected chi connectivity index (χ1v) is 6.81. The van der Waals surface area contributed by atoms with E-state index in [1.807, 2.05) is 13.8 Å². The maximum Gasteiger partial charge on any atom is 0.305 e. The van der Waals surface area contributed by atoms with Crippen molar-refractivity contribution in [3.05, 3.63) is 39.7 Å². The van der Waals surface area contributed by atoms with Gasteiger partial charge < -0.3 is 10.6 Å². The molecule has 0 spiro atoms. The minimum Gasteiger partial charge on any atom is -0.356 e. The Hall–Kier alpha value is -2.02. The fourth-order valence-electron chi connectivity index (χ4n) is 1.68. The zero-order valence-corrected chi connectivity index (χ0v) is 12.2. The smallest absolute Gasteiger partial charge is 0.305 e. The van der Waals surface area contributed by atoms with Gasteiger partial charge in [-0.15, -0.1) is 0 Å². The average molecular weight is 297 g/mol. The molecule has 0 unspecified atom stereocenters. The second kappa shape index (κ2) is 8.31. The van der Waals surface area contributed by atoms with Gasteiger partial charge in [0.05, 0.1) is 4.92 Å². The van der Waals surface area contributed by atoms with Gasteiger partial charge in [0.2, 0.25) is 11.7 Å². The monoisotopic (exact) mass is 297 g/mol. The van der Waals surface area contributed by atoms with Crippen LogP contribution in [0.1, 0.15) is 25.8 Å². The minimum absolute atomic E-state index is 0.0734. The number of nitro groups is 1. The molecule has 0 radical (unpaired) electrons. The molecule has 0 aliphatic rings. The zero-order valence-electron chi connectivity index (χ0n) is 12.2. The van der Waals surface area contributed by atoms with Crippen molar-refractivity contribution in [2.75, 3.05) is 13.1 Å². The molecule has 1 amide bonds. The molecule has 0 atom stereocenters. The molecule has 0 heterocycles. The first-order chi connectivity index (χ1) is 9.91. The summed E-state index contributed by atoms with van der Waals surface area (Å²) in [6, 6.07) is 4.04. The van der Waals surface area contributed by atoms with E-state index in [4.69, 9.17) is 0 Å². The summed E-state index contributed by atoms with van der Waals surface area (Å²) in [5, 5.41) is 16.3. The third kappa shape index (κ3) is 5.86. The number of benzene rings is 1. The first kappa shape index (κ1) is 17.0. The van der Waals surface area contributed by atoms with Gasteiger partial charge in [-0.3, -0.25) is 14.9 Å². The highest BCUT2D eigenvalue weighted by atomic mass is 19.1. The van der Waals surface area contributed by atoms with Gasteiger partial charge >= 0.3 is 5.69 Å². The van der Waals surface area contributed by atoms with Crippen LogP contribution in [0.25, 0.3) is 0 Å². The Balaban J connectivity index is 2.38. The molecule has 0 aliphatic carbocycles. The molecule has 0 saturated carbocycles. The van der Waals surface area contributed by atoms with E-state index >= 15 is 0 Å². The Bertz CT molecular complexity index is 506. The second-order valence-electron chi connectivity index (χ2n) is 5.13. The number of nitro benzene ring substituents is 1. The number of hydrogen-bond donors (Lipinski definition) is 2. The van der Waals surface area contributed by atoms with Crippen LogP contribution in [0.5, 0.6) is 0 Å². The van der Waals surface area contributed by atoms with Gasteiger partial charge in [-0.25, -0.2) is 0 Å². The summed E-state index contributed by atoms with van der Waals surface area (Å²) in [4.78, 5) is 21.3. The summed E-state index contributed by atoms with van der Waals surface area (Å²) in [5.41, 5.74) is -0.323. The van der Waals surface area contributed by atoms with Crippen LogP contribution in [0.2, 0.25) is 0 Å². The molecule has 0 bridgehead atoms. The van der Waals surface area contributed by atoms with Crippen molar-refractivity contribution in [1.82, 2.24) is 10.6 Å². The van der Waals surface area contributed by atoms with E-state index in [0.717, 1.165) is 6.07 Å². The fourth-order valence-corrected chi connectivity index (χ4v) is 1.68. The summed E-state index contributed by atoms with van der Waals surface area (Å²) in [5.74, 6) is -0.518. The lowest BCUT2D eigenvalue weighted by atomic mass is 10.2. The largest absolute Gasteiger partial charge is 0.356 e. The number of amides is 1. The number of halogens is 1. The van der Waals surface area contributed by atoms with Gasteiger partial charge in [-0.05, 0) is 5.92 Å². The third-order valence-electron chi connectivity index (χ3n) is 2.81. The van der Waals surface area contributed by atoms with Crippen molar-refractivity contribution >= 4 is 11.6 Å². The Kier molecular flexibility index (Phi) is 6.74. The topological polar surface area (TPSA) is 84.3 Å². The van der Waals surface area contributed by atoms with Crippen molar-refractivity contribution in [3.8, 4) is 0 Å². The standard InChI is InChI=1S/C14H20FN3O3/c1-10(2)8-17-13(19)6-7-16-9-11-4-3-5-12(14(11)15)18(20)21/h3-5,10,16H,6-9H2,1-2H3,(H,17,19). The lowest BCUT2D eigenvalue weighted by Gasteiger charge is -2.08. The number of carbonyl (C=O) groups is 1. The summed E-state index contributed by atoms with van der Waals surface area (Å²) < 4.78 is 13.8. The van der Waals surface area contributed by atoms with E-state index in [9.17, 15) is 19.3 Å². The van der Waals surface area contributed by atoms with Crippen LogP contribution in [-0.2, 0) is 11.3 Å². The maximum atomic E-state index is 13.8. The highest BCUT2D eigenvalue weighted by Gasteiger charge is 2.16. The molecule has 1 aromatic carbocycles. The zero-order chi connectivity index (χ0) is 15.8. The van der Waals surface area contributed by atoms with Gasteiger partial charge in [0.15, 0.2) is 0 Å². The van der Waals surface area contributed by atoms with Crippen LogP contribution in [-0.4, -0.2) is 23.9 Å². The van der Waals surface area contributed by atoms with Gasteiger partial charge in [0.1, 0.15) is 0 Å². The molecule has 21 heavy (non-hydrogen) atoms. The highest BCUT2D eigenvalue weighted by molar-refractivity contribution is 5.76. The molecular formula is C14H20FN3O3. The molecule has 1 rings (SSSR count). The van der Waals surface area contributed by atoms with Gasteiger partial charge in [0, 0.05) is 37.7 Å². The minimum atomic E-state index is -0.834. The molecule has 6 nitrogen and oxygen atoms in total. The lowest BCUT2D eigenvalue weighted by molar-refractivity contribution is -0.387. The number of carbonyl (C=O) groups excluding carboxylic acids is 1. The van der Waals surface area contributed by atoms with Gasteiger partial charge in [0.25, 0.3) is 0 Å². The predicted octanol–water partition coefficient (Wildman–Crippen LogP) is 1.99. The molecule has 2 N–H and O–H groups in total. The molecule has 0 fully saturated rings. The molecule has 1 aromatic rings. The summed E-state index contributed by atoms with van der Waals surface area (Å²) in [7, 11) is 0. The van der Waals surface area contributed by atoms with E-state index in [1.165, 1.54) is 12.1 Å². The van der Waals surface area contributed by atoms with Gasteiger partial charge in [-0.2, -0.15) is 4.39 Å². The number of nitrogens with one attached hydrogen (secondary N) is 2. The molecule has 116 valence electrons. The fraction of sp³-hybridized carbons (Fsp3) is 0.500. The molecule has 0 aliphatic heterocycles. The molecule has 7 heteroatoms. The summed E-state index contributed by atoms with van der Waals surface area (Å²) >= 11 is 0. The lowest BCUT2D eigenvalue weighted by Crippen LogP contribution is -2.30. The van der Waals surface area contributed by atoms with E-state index in [-0.39, 0.29) is 24.4 Å². The van der Waals surface area contributed by atoms with Crippen molar-refractivity contribution in [2.45, 2.75) is 26.8 Å². The molecular weight excluding hydrogens is 277 g/mol. The van der Waals surface area contributed by atoms with Crippen LogP contribution in [0, 0.1) is 21.8 Å². The third-order valence-corrected chi connectivity index (χ3v) is 2.81. The Morgan fingerprint density at radius 1 is 1.43 bits per heavy atom. The number of rotatable bonds is 8. The quantitative estimate of drug-likeness (QED) is 0.436. The van der Waals surface area contributed by atoms with Crippen molar-refractivity contribution in [1.29, 1.82) is 0 Å². The average Bonchev–Trinajstić information content (AvgIpc) is 2.42. The maximum absolute atomic E-state index is 13.8. The number of hydrogen-bond acceptors (Lipinski definition) is 4. The van der Waals surface area contributed by atoms with E-state index in [1.54, 1.807) is 0 Å². The van der Waals surface area contributed by atoms with E-state index in [0.29, 0.717) is 19.0 Å². The Labute approximate surface area is 122 Å². The Morgan fingerprint density at radius 3 is 2.76 bits per heavy atom. The van der Waals surface area contributed by atoms with Crippen molar-refractivity contribution in [3.63, 3.8) is 0 Å². The molecule has 0 saturated heterocycles. The van der Waals surface area contributed by atoms with E-state index < -0.39 is 16.4 Å².